The number of aromatic nitrogens is 1. The van der Waals surface area contributed by atoms with E-state index in [9.17, 15) is 0 Å². The van der Waals surface area contributed by atoms with Gasteiger partial charge in [0, 0.05) is 5.38 Å². The fraction of sp³-hybridized carbons (Fsp3) is 0.250. The smallest absolute Gasteiger partial charge is 0.331 e. The van der Waals surface area contributed by atoms with Crippen LogP contribution in [0.1, 0.15) is 0 Å². The summed E-state index contributed by atoms with van der Waals surface area (Å²) in [7, 11) is 1.89. The van der Waals surface area contributed by atoms with Gasteiger partial charge in [-0.1, -0.05) is 11.3 Å². The summed E-state index contributed by atoms with van der Waals surface area (Å²) in [5.74, 6) is 0. The molecule has 0 saturated heterocycles. The quantitative estimate of drug-likeness (QED) is 0.373. The number of nitrogens with zero attached hydrogens (tertiary/aromatic N) is 3. The summed E-state index contributed by atoms with van der Waals surface area (Å²) in [4.78, 5) is 4.49. The highest BCUT2D eigenvalue weighted by molar-refractivity contribution is 7.13. The zero-order valence-corrected chi connectivity index (χ0v) is 6.22. The van der Waals surface area contributed by atoms with Gasteiger partial charge in [0.05, 0.1) is 13.2 Å². The number of hydrogen-bond donors (Lipinski definition) is 1. The first-order valence-corrected chi connectivity index (χ1v) is 3.34. The lowest BCUT2D eigenvalue weighted by atomic mass is 11.0. The lowest BCUT2D eigenvalue weighted by molar-refractivity contribution is -0.354. The van der Waals surface area contributed by atoms with E-state index in [-0.39, 0.29) is 0 Å². The molecule has 1 rings (SSSR count). The Morgan fingerprint density at radius 2 is 2.30 bits per heavy atom. The third kappa shape index (κ3) is 3.71. The maximum atomic E-state index is 6.75. The minimum absolute atomic E-state index is 1.10. The molecule has 0 aliphatic heterocycles. The maximum absolute atomic E-state index is 6.75. The molecular weight excluding hydrogens is 150 g/mol. The van der Waals surface area contributed by atoms with Gasteiger partial charge in [-0.25, -0.2) is 4.98 Å². The summed E-state index contributed by atoms with van der Waals surface area (Å²) in [5, 5.41) is 6.06. The van der Waals surface area contributed by atoms with Crippen LogP contribution in [0.2, 0.25) is 0 Å². The zero-order valence-electron chi connectivity index (χ0n) is 5.40. The summed E-state index contributed by atoms with van der Waals surface area (Å²) < 4.78 is 0. The second-order valence-corrected chi connectivity index (χ2v) is 2.15. The van der Waals surface area contributed by atoms with Gasteiger partial charge in [0.2, 0.25) is 0 Å². The van der Waals surface area contributed by atoms with E-state index >= 15 is 0 Å². The highest BCUT2D eigenvalue weighted by atomic mass is 32.1. The van der Waals surface area contributed by atoms with E-state index < -0.39 is 0 Å². The van der Waals surface area contributed by atoms with Crippen molar-refractivity contribution in [3.05, 3.63) is 27.6 Å². The van der Waals surface area contributed by atoms with Crippen LogP contribution in [-0.2, 0) is 0 Å². The van der Waals surface area contributed by atoms with Gasteiger partial charge in [-0.05, 0) is 0 Å². The van der Waals surface area contributed by atoms with E-state index in [1.165, 1.54) is 4.91 Å². The third-order valence-electron chi connectivity index (χ3n) is 0.695. The molecule has 2 N–H and O–H groups in total. The van der Waals surface area contributed by atoms with Crippen LogP contribution in [0.3, 0.4) is 0 Å². The minimum atomic E-state index is 1.10. The van der Waals surface area contributed by atoms with E-state index in [0.717, 1.165) is 5.13 Å². The van der Waals surface area contributed by atoms with Crippen LogP contribution in [0.15, 0.2) is 11.6 Å². The van der Waals surface area contributed by atoms with Crippen molar-refractivity contribution in [3.8, 4) is 0 Å². The van der Waals surface area contributed by atoms with Crippen LogP contribution in [0.4, 0.5) is 5.13 Å². The molecule has 0 unspecified atom stereocenters. The monoisotopic (exact) mass is 157 g/mol. The average molecular weight is 157 g/mol. The lowest BCUT2D eigenvalue weighted by Crippen LogP contribution is -2.01. The second-order valence-electron chi connectivity index (χ2n) is 1.23. The standard InChI is InChI=1S/C4H6N2S.N3/c1-5-4-6-2-3-7-4;1-3-2/h2-3H,1H3,(H,5,6);/q;-1/p+1. The summed E-state index contributed by atoms with van der Waals surface area (Å²) in [5.41, 5.74) is 13.5. The Balaban J connectivity index is 0.000000236. The van der Waals surface area contributed by atoms with Gasteiger partial charge in [-0.2, -0.15) is 0 Å². The molecule has 0 saturated carbocycles. The Morgan fingerprint density at radius 1 is 1.70 bits per heavy atom. The molecule has 1 aromatic rings. The Kier molecular flexibility index (Phi) is 5.13. The molecule has 5 nitrogen and oxygen atoms in total. The molecule has 0 atom stereocenters. The second kappa shape index (κ2) is 5.87. The minimum Gasteiger partial charge on any atom is -0.373 e. The summed E-state index contributed by atoms with van der Waals surface area (Å²) >= 11 is 1.66. The molecule has 0 bridgehead atoms. The molecule has 10 heavy (non-hydrogen) atoms. The van der Waals surface area contributed by atoms with Gasteiger partial charge >= 0.3 is 5.13 Å². The Labute approximate surface area is 62.1 Å². The molecule has 0 aliphatic rings. The van der Waals surface area contributed by atoms with Crippen molar-refractivity contribution >= 4 is 16.5 Å². The SMILES string of the molecule is CNc1[nH+]ccs1.[N-]=[N+]=[N-]. The van der Waals surface area contributed by atoms with E-state index in [1.807, 2.05) is 18.6 Å². The average Bonchev–Trinajstić information content (AvgIpc) is 2.39. The fourth-order valence-electron chi connectivity index (χ4n) is 0.377. The van der Waals surface area contributed by atoms with Crippen molar-refractivity contribution in [2.75, 3.05) is 12.4 Å². The third-order valence-corrected chi connectivity index (χ3v) is 1.53. The van der Waals surface area contributed by atoms with Crippen molar-refractivity contribution in [1.82, 2.24) is 0 Å². The number of rotatable bonds is 1. The van der Waals surface area contributed by atoms with Gasteiger partial charge in [-0.15, -0.1) is 0 Å². The predicted octanol–water partition coefficient (Wildman–Crippen LogP) is 1.47. The predicted molar refractivity (Wildman–Crippen MR) is 40.5 cm³/mol. The lowest BCUT2D eigenvalue weighted by Gasteiger charge is -1.74. The molecule has 0 spiro atoms. The van der Waals surface area contributed by atoms with Crippen molar-refractivity contribution in [2.24, 2.45) is 0 Å². The molecule has 1 heterocycles. The number of H-pyrrole nitrogens is 1. The Hall–Kier alpha value is -1.26. The highest BCUT2D eigenvalue weighted by Gasteiger charge is 1.91. The van der Waals surface area contributed by atoms with E-state index in [1.54, 1.807) is 11.3 Å². The first-order chi connectivity index (χ1) is 4.85. The number of aromatic amines is 1. The first-order valence-electron chi connectivity index (χ1n) is 2.46. The number of nitrogens with one attached hydrogen (secondary N) is 2. The number of hydrogen-bond acceptors (Lipinski definition) is 2. The summed E-state index contributed by atoms with van der Waals surface area (Å²) in [6, 6.07) is 0. The van der Waals surface area contributed by atoms with E-state index in [0.29, 0.717) is 0 Å². The Morgan fingerprint density at radius 3 is 2.50 bits per heavy atom. The van der Waals surface area contributed by atoms with Crippen LogP contribution in [0, 0.1) is 0 Å². The molecule has 6 heteroatoms. The van der Waals surface area contributed by atoms with E-state index in [4.69, 9.17) is 11.1 Å². The van der Waals surface area contributed by atoms with Crippen LogP contribution in [0.5, 0.6) is 0 Å². The van der Waals surface area contributed by atoms with Gasteiger partial charge in [-0.3, -0.25) is 10.2 Å². The number of thiazole rings is 1. The van der Waals surface area contributed by atoms with E-state index in [2.05, 4.69) is 10.3 Å². The molecule has 0 fully saturated rings. The zero-order chi connectivity index (χ0) is 7.82. The summed E-state index contributed by atoms with van der Waals surface area (Å²) in [6.07, 6.45) is 1.90. The molecule has 0 radical (unpaired) electrons. The van der Waals surface area contributed by atoms with Crippen LogP contribution in [0.25, 0.3) is 16.0 Å². The maximum Gasteiger partial charge on any atom is 0.331 e. The fourth-order valence-corrected chi connectivity index (χ4v) is 0.903. The molecule has 0 amide bonds. The normalized spacial score (nSPS) is 6.90. The van der Waals surface area contributed by atoms with Gasteiger partial charge in [0.1, 0.15) is 0 Å². The molecule has 54 valence electrons. The molecule has 0 aliphatic carbocycles. The molecular formula is C4H7N5S. The molecule has 0 aromatic carbocycles. The summed E-state index contributed by atoms with van der Waals surface area (Å²) in [6.45, 7) is 0. The van der Waals surface area contributed by atoms with Crippen molar-refractivity contribution in [2.45, 2.75) is 0 Å². The van der Waals surface area contributed by atoms with Crippen molar-refractivity contribution in [3.63, 3.8) is 0 Å². The largest absolute Gasteiger partial charge is 0.373 e. The topological polar surface area (TPSA) is 84.9 Å². The highest BCUT2D eigenvalue weighted by Crippen LogP contribution is 2.02. The number of anilines is 1. The van der Waals surface area contributed by atoms with Crippen LogP contribution < -0.4 is 10.3 Å². The van der Waals surface area contributed by atoms with Gasteiger partial charge < -0.3 is 11.1 Å². The van der Waals surface area contributed by atoms with Gasteiger partial charge in [0.15, 0.2) is 0 Å². The van der Waals surface area contributed by atoms with Crippen LogP contribution >= 0.6 is 11.3 Å². The van der Waals surface area contributed by atoms with Crippen LogP contribution in [-0.4, -0.2) is 7.05 Å². The first kappa shape index (κ1) is 8.74. The van der Waals surface area contributed by atoms with Crippen molar-refractivity contribution < 1.29 is 4.98 Å². The van der Waals surface area contributed by atoms with Crippen molar-refractivity contribution in [1.29, 1.82) is 0 Å². The molecule has 1 aromatic heterocycles. The Bertz CT molecular complexity index is 187. The van der Waals surface area contributed by atoms with Gasteiger partial charge in [0.25, 0.3) is 0 Å².